The maximum atomic E-state index is 4.42. The quantitative estimate of drug-likeness (QED) is 0.719. The summed E-state index contributed by atoms with van der Waals surface area (Å²) < 4.78 is 0. The molecule has 104 valence electrons. The fourth-order valence-corrected chi connectivity index (χ4v) is 2.12. The summed E-state index contributed by atoms with van der Waals surface area (Å²) >= 11 is 0. The highest BCUT2D eigenvalue weighted by Gasteiger charge is 2.04. The van der Waals surface area contributed by atoms with E-state index in [1.807, 2.05) is 36.4 Å². The minimum absolute atomic E-state index is 0.624. The van der Waals surface area contributed by atoms with Crippen molar-refractivity contribution in [2.75, 3.05) is 0 Å². The maximum absolute atomic E-state index is 4.42. The van der Waals surface area contributed by atoms with Gasteiger partial charge in [-0.15, -0.1) is 10.2 Å². The van der Waals surface area contributed by atoms with E-state index in [-0.39, 0.29) is 0 Å². The van der Waals surface area contributed by atoms with Crippen molar-refractivity contribution in [3.05, 3.63) is 83.7 Å². The lowest BCUT2D eigenvalue weighted by Gasteiger charge is -2.00. The first-order chi connectivity index (χ1) is 10.3. The predicted molar refractivity (Wildman–Crippen MR) is 82.7 cm³/mol. The fraction of sp³-hybridized carbons (Fsp3) is 0.118. The molecule has 0 aliphatic carbocycles. The molecule has 0 N–H and O–H groups in total. The lowest BCUT2D eigenvalue weighted by atomic mass is 10.1. The Hall–Kier alpha value is -2.75. The number of benzene rings is 2. The second-order valence-corrected chi connectivity index (χ2v) is 4.84. The van der Waals surface area contributed by atoms with E-state index in [0.717, 1.165) is 17.0 Å². The van der Waals surface area contributed by atoms with Crippen molar-refractivity contribution < 1.29 is 0 Å². The molecule has 0 radical (unpaired) electrons. The number of hydrogen-bond acceptors (Lipinski definition) is 3. The molecule has 1 aromatic heterocycles. The Morgan fingerprint density at radius 2 is 1.71 bits per heavy atom. The maximum Gasteiger partial charge on any atom is 0.179 e. The molecule has 4 nitrogen and oxygen atoms in total. The van der Waals surface area contributed by atoms with Gasteiger partial charge >= 0.3 is 0 Å². The molecule has 0 aliphatic rings. The molecule has 0 amide bonds. The van der Waals surface area contributed by atoms with Crippen molar-refractivity contribution in [2.24, 2.45) is 0 Å². The zero-order valence-corrected chi connectivity index (χ0v) is 11.7. The second kappa shape index (κ2) is 6.13. The van der Waals surface area contributed by atoms with Gasteiger partial charge < -0.3 is 0 Å². The van der Waals surface area contributed by atoms with Crippen molar-refractivity contribution >= 4 is 6.08 Å². The van der Waals surface area contributed by atoms with Crippen LogP contribution in [0.5, 0.6) is 0 Å². The van der Waals surface area contributed by atoms with Crippen LogP contribution in [0.1, 0.15) is 22.5 Å². The molecule has 0 saturated heterocycles. The molecule has 3 aromatic rings. The highest BCUT2D eigenvalue weighted by molar-refractivity contribution is 5.47. The lowest BCUT2D eigenvalue weighted by Crippen LogP contribution is -2.04. The van der Waals surface area contributed by atoms with Crippen molar-refractivity contribution in [1.82, 2.24) is 20.2 Å². The third kappa shape index (κ3) is 3.42. The van der Waals surface area contributed by atoms with Gasteiger partial charge in [0.15, 0.2) is 5.82 Å². The van der Waals surface area contributed by atoms with Crippen LogP contribution in [0.15, 0.2) is 61.2 Å². The minimum Gasteiger partial charge on any atom is -0.160 e. The Labute approximate surface area is 123 Å². The summed E-state index contributed by atoms with van der Waals surface area (Å²) in [7, 11) is 0. The number of tetrazole rings is 1. The summed E-state index contributed by atoms with van der Waals surface area (Å²) in [5, 5.41) is 12.6. The van der Waals surface area contributed by atoms with Gasteiger partial charge in [-0.05, 0) is 21.9 Å². The van der Waals surface area contributed by atoms with Crippen LogP contribution in [0.2, 0.25) is 0 Å². The number of rotatable bonds is 5. The van der Waals surface area contributed by atoms with E-state index >= 15 is 0 Å². The Morgan fingerprint density at radius 1 is 0.952 bits per heavy atom. The van der Waals surface area contributed by atoms with Gasteiger partial charge in [0.1, 0.15) is 0 Å². The summed E-state index contributed by atoms with van der Waals surface area (Å²) in [4.78, 5) is 1.63. The van der Waals surface area contributed by atoms with Crippen molar-refractivity contribution in [2.45, 2.75) is 13.0 Å². The zero-order valence-electron chi connectivity index (χ0n) is 11.7. The van der Waals surface area contributed by atoms with Gasteiger partial charge in [-0.3, -0.25) is 0 Å². The van der Waals surface area contributed by atoms with Crippen LogP contribution in [0.3, 0.4) is 0 Å². The van der Waals surface area contributed by atoms with E-state index in [0.29, 0.717) is 13.0 Å². The van der Waals surface area contributed by atoms with Crippen LogP contribution in [0, 0.1) is 0 Å². The summed E-state index contributed by atoms with van der Waals surface area (Å²) in [6.07, 6.45) is 2.53. The molecule has 2 aromatic carbocycles. The SMILES string of the molecule is C=Cc1ccc(Cn2nnc(Cc3ccccc3)n2)cc1. The molecule has 4 heteroatoms. The molecule has 1 heterocycles. The molecule has 0 spiro atoms. The number of hydrogen-bond donors (Lipinski definition) is 0. The van der Waals surface area contributed by atoms with Crippen LogP contribution in [-0.4, -0.2) is 20.2 Å². The molecular weight excluding hydrogens is 260 g/mol. The van der Waals surface area contributed by atoms with Gasteiger partial charge in [0, 0.05) is 6.42 Å². The van der Waals surface area contributed by atoms with E-state index in [4.69, 9.17) is 0 Å². The normalized spacial score (nSPS) is 10.5. The van der Waals surface area contributed by atoms with Crippen molar-refractivity contribution in [3.8, 4) is 0 Å². The first-order valence-corrected chi connectivity index (χ1v) is 6.85. The molecule has 0 bridgehead atoms. The number of aromatic nitrogens is 4. The monoisotopic (exact) mass is 276 g/mol. The van der Waals surface area contributed by atoms with E-state index in [1.165, 1.54) is 5.56 Å². The van der Waals surface area contributed by atoms with Gasteiger partial charge in [0.05, 0.1) is 6.54 Å². The van der Waals surface area contributed by atoms with E-state index in [9.17, 15) is 0 Å². The minimum atomic E-state index is 0.624. The standard InChI is InChI=1S/C17H16N4/c1-2-14-8-10-16(11-9-14)13-21-19-17(18-20-21)12-15-6-4-3-5-7-15/h2-11H,1,12-13H2. The molecule has 0 aliphatic heterocycles. The molecular formula is C17H16N4. The third-order valence-corrected chi connectivity index (χ3v) is 3.24. The van der Waals surface area contributed by atoms with Gasteiger partial charge in [0.2, 0.25) is 0 Å². The summed E-state index contributed by atoms with van der Waals surface area (Å²) in [5.74, 6) is 0.740. The van der Waals surface area contributed by atoms with Gasteiger partial charge in [-0.2, -0.15) is 4.80 Å². The summed E-state index contributed by atoms with van der Waals surface area (Å²) in [6.45, 7) is 4.37. The first-order valence-electron chi connectivity index (χ1n) is 6.85. The third-order valence-electron chi connectivity index (χ3n) is 3.24. The fourth-order valence-electron chi connectivity index (χ4n) is 2.12. The van der Waals surface area contributed by atoms with Crippen molar-refractivity contribution in [3.63, 3.8) is 0 Å². The molecule has 0 fully saturated rings. The predicted octanol–water partition coefficient (Wildman–Crippen LogP) is 2.96. The van der Waals surface area contributed by atoms with Crippen LogP contribution in [0.4, 0.5) is 0 Å². The Kier molecular flexibility index (Phi) is 3.87. The Bertz CT molecular complexity index is 714. The summed E-state index contributed by atoms with van der Waals surface area (Å²) in [6, 6.07) is 18.3. The average Bonchev–Trinajstić information content (AvgIpc) is 2.96. The lowest BCUT2D eigenvalue weighted by molar-refractivity contribution is 0.571. The molecule has 0 unspecified atom stereocenters. The average molecular weight is 276 g/mol. The zero-order chi connectivity index (χ0) is 14.5. The second-order valence-electron chi connectivity index (χ2n) is 4.84. The van der Waals surface area contributed by atoms with Crippen LogP contribution < -0.4 is 0 Å². The Balaban J connectivity index is 1.68. The first kappa shape index (κ1) is 13.2. The molecule has 0 atom stereocenters. The Morgan fingerprint density at radius 3 is 2.43 bits per heavy atom. The van der Waals surface area contributed by atoms with Crippen LogP contribution >= 0.6 is 0 Å². The smallest absolute Gasteiger partial charge is 0.160 e. The van der Waals surface area contributed by atoms with Crippen LogP contribution in [-0.2, 0) is 13.0 Å². The van der Waals surface area contributed by atoms with Gasteiger partial charge in [-0.1, -0.05) is 67.3 Å². The van der Waals surface area contributed by atoms with Crippen molar-refractivity contribution in [1.29, 1.82) is 0 Å². The molecule has 3 rings (SSSR count). The molecule has 21 heavy (non-hydrogen) atoms. The largest absolute Gasteiger partial charge is 0.179 e. The number of nitrogens with zero attached hydrogens (tertiary/aromatic N) is 4. The highest BCUT2D eigenvalue weighted by atomic mass is 15.6. The van der Waals surface area contributed by atoms with E-state index in [1.54, 1.807) is 4.80 Å². The van der Waals surface area contributed by atoms with Gasteiger partial charge in [-0.25, -0.2) is 0 Å². The highest BCUT2D eigenvalue weighted by Crippen LogP contribution is 2.07. The van der Waals surface area contributed by atoms with E-state index in [2.05, 4.69) is 46.3 Å². The topological polar surface area (TPSA) is 43.6 Å². The van der Waals surface area contributed by atoms with Crippen LogP contribution in [0.25, 0.3) is 6.08 Å². The van der Waals surface area contributed by atoms with E-state index < -0.39 is 0 Å². The summed E-state index contributed by atoms with van der Waals surface area (Å²) in [5.41, 5.74) is 3.44. The molecule has 0 saturated carbocycles. The van der Waals surface area contributed by atoms with Gasteiger partial charge in [0.25, 0.3) is 0 Å².